The summed E-state index contributed by atoms with van der Waals surface area (Å²) in [6.45, 7) is 9.61. The van der Waals surface area contributed by atoms with E-state index >= 15 is 0 Å². The molecule has 0 spiro atoms. The lowest BCUT2D eigenvalue weighted by Crippen LogP contribution is -2.22. The minimum atomic E-state index is -0.175. The predicted molar refractivity (Wildman–Crippen MR) is 105 cm³/mol. The van der Waals surface area contributed by atoms with Crippen LogP contribution in [0.1, 0.15) is 36.7 Å². The zero-order valence-corrected chi connectivity index (χ0v) is 16.0. The number of carbonyl (C=O) groups excluding carboxylic acids is 1. The number of hydrogen-bond donors (Lipinski definition) is 1. The molecule has 140 valence electrons. The molecule has 0 aliphatic carbocycles. The van der Waals surface area contributed by atoms with E-state index in [0.717, 1.165) is 25.3 Å². The van der Waals surface area contributed by atoms with Crippen molar-refractivity contribution in [1.82, 2.24) is 4.90 Å². The molecule has 1 N–H and O–H groups in total. The molecule has 0 aliphatic heterocycles. The molecule has 0 atom stereocenters. The van der Waals surface area contributed by atoms with Gasteiger partial charge in [0.25, 0.3) is 5.91 Å². The summed E-state index contributed by atoms with van der Waals surface area (Å²) in [5, 5.41) is 2.96. The number of nitrogens with one attached hydrogen (secondary N) is 1. The van der Waals surface area contributed by atoms with Gasteiger partial charge in [-0.2, -0.15) is 0 Å². The van der Waals surface area contributed by atoms with E-state index in [2.05, 4.69) is 30.1 Å². The van der Waals surface area contributed by atoms with Crippen LogP contribution in [0.2, 0.25) is 0 Å². The van der Waals surface area contributed by atoms with Gasteiger partial charge in [0.15, 0.2) is 11.5 Å². The van der Waals surface area contributed by atoms with E-state index in [0.29, 0.717) is 23.7 Å². The molecular formula is C21H28N2O3. The molecule has 1 amide bonds. The number of benzene rings is 2. The Bertz CT molecular complexity index is 727. The number of carbonyl (C=O) groups is 1. The van der Waals surface area contributed by atoms with Crippen LogP contribution in [0.15, 0.2) is 42.5 Å². The molecule has 0 saturated heterocycles. The van der Waals surface area contributed by atoms with Gasteiger partial charge in [0.2, 0.25) is 0 Å². The largest absolute Gasteiger partial charge is 0.493 e. The SMILES string of the molecule is CCOc1ccc(C(=O)Nc2cccc(CN(CC)CC)c2)cc1OC. The lowest BCUT2D eigenvalue weighted by Gasteiger charge is -2.18. The number of methoxy groups -OCH3 is 1. The van der Waals surface area contributed by atoms with Crippen LogP contribution in [-0.4, -0.2) is 37.6 Å². The van der Waals surface area contributed by atoms with Crippen molar-refractivity contribution >= 4 is 11.6 Å². The van der Waals surface area contributed by atoms with Crippen molar-refractivity contribution in [3.05, 3.63) is 53.6 Å². The van der Waals surface area contributed by atoms with Crippen LogP contribution >= 0.6 is 0 Å². The highest BCUT2D eigenvalue weighted by molar-refractivity contribution is 6.04. The van der Waals surface area contributed by atoms with Gasteiger partial charge in [-0.15, -0.1) is 0 Å². The van der Waals surface area contributed by atoms with E-state index in [1.165, 1.54) is 5.56 Å². The number of nitrogens with zero attached hydrogens (tertiary/aromatic N) is 1. The summed E-state index contributed by atoms with van der Waals surface area (Å²) in [6.07, 6.45) is 0. The smallest absolute Gasteiger partial charge is 0.255 e. The molecule has 26 heavy (non-hydrogen) atoms. The monoisotopic (exact) mass is 356 g/mol. The highest BCUT2D eigenvalue weighted by Gasteiger charge is 2.12. The van der Waals surface area contributed by atoms with Crippen molar-refractivity contribution in [2.24, 2.45) is 0 Å². The number of anilines is 1. The van der Waals surface area contributed by atoms with Crippen LogP contribution in [0.5, 0.6) is 11.5 Å². The Hall–Kier alpha value is -2.53. The Kier molecular flexibility index (Phi) is 7.48. The first kappa shape index (κ1) is 19.8. The number of ether oxygens (including phenoxy) is 2. The quantitative estimate of drug-likeness (QED) is 0.732. The Morgan fingerprint density at radius 3 is 2.46 bits per heavy atom. The minimum Gasteiger partial charge on any atom is -0.493 e. The number of hydrogen-bond acceptors (Lipinski definition) is 4. The molecule has 0 heterocycles. The molecular weight excluding hydrogens is 328 g/mol. The van der Waals surface area contributed by atoms with Crippen LogP contribution in [0.4, 0.5) is 5.69 Å². The lowest BCUT2D eigenvalue weighted by atomic mass is 10.1. The van der Waals surface area contributed by atoms with Crippen molar-refractivity contribution in [2.75, 3.05) is 32.1 Å². The van der Waals surface area contributed by atoms with Crippen LogP contribution < -0.4 is 14.8 Å². The third kappa shape index (κ3) is 5.23. The van der Waals surface area contributed by atoms with E-state index in [4.69, 9.17) is 9.47 Å². The maximum Gasteiger partial charge on any atom is 0.255 e. The molecule has 0 saturated carbocycles. The normalized spacial score (nSPS) is 10.7. The Balaban J connectivity index is 2.12. The second kappa shape index (κ2) is 9.82. The Morgan fingerprint density at radius 1 is 1.04 bits per heavy atom. The first-order valence-electron chi connectivity index (χ1n) is 9.04. The summed E-state index contributed by atoms with van der Waals surface area (Å²) in [7, 11) is 1.57. The summed E-state index contributed by atoms with van der Waals surface area (Å²) < 4.78 is 10.8. The van der Waals surface area contributed by atoms with Crippen LogP contribution in [0, 0.1) is 0 Å². The van der Waals surface area contributed by atoms with Gasteiger partial charge in [0.05, 0.1) is 13.7 Å². The molecule has 0 fully saturated rings. The fourth-order valence-electron chi connectivity index (χ4n) is 2.74. The third-order valence-corrected chi connectivity index (χ3v) is 4.21. The van der Waals surface area contributed by atoms with Gasteiger partial charge in [0.1, 0.15) is 0 Å². The van der Waals surface area contributed by atoms with E-state index in [1.807, 2.05) is 25.1 Å². The molecule has 0 bridgehead atoms. The molecule has 0 aromatic heterocycles. The van der Waals surface area contributed by atoms with Crippen molar-refractivity contribution in [1.29, 1.82) is 0 Å². The lowest BCUT2D eigenvalue weighted by molar-refractivity contribution is 0.102. The van der Waals surface area contributed by atoms with Crippen molar-refractivity contribution in [3.8, 4) is 11.5 Å². The zero-order valence-electron chi connectivity index (χ0n) is 16.0. The summed E-state index contributed by atoms with van der Waals surface area (Å²) >= 11 is 0. The first-order valence-corrected chi connectivity index (χ1v) is 9.04. The highest BCUT2D eigenvalue weighted by Crippen LogP contribution is 2.28. The minimum absolute atomic E-state index is 0.175. The van der Waals surface area contributed by atoms with Crippen molar-refractivity contribution in [3.63, 3.8) is 0 Å². The van der Waals surface area contributed by atoms with Gasteiger partial charge >= 0.3 is 0 Å². The fourth-order valence-corrected chi connectivity index (χ4v) is 2.74. The summed E-state index contributed by atoms with van der Waals surface area (Å²) in [5.41, 5.74) is 2.49. The maximum absolute atomic E-state index is 12.6. The van der Waals surface area contributed by atoms with E-state index < -0.39 is 0 Å². The molecule has 0 aliphatic rings. The van der Waals surface area contributed by atoms with Gasteiger partial charge in [-0.05, 0) is 55.9 Å². The summed E-state index contributed by atoms with van der Waals surface area (Å²) in [6, 6.07) is 13.1. The topological polar surface area (TPSA) is 50.8 Å². The number of amides is 1. The van der Waals surface area contributed by atoms with Crippen LogP contribution in [-0.2, 0) is 6.54 Å². The van der Waals surface area contributed by atoms with Gasteiger partial charge in [0, 0.05) is 17.8 Å². The second-order valence-electron chi connectivity index (χ2n) is 5.91. The summed E-state index contributed by atoms with van der Waals surface area (Å²) in [5.74, 6) is 1.01. The second-order valence-corrected chi connectivity index (χ2v) is 5.91. The molecule has 2 rings (SSSR count). The van der Waals surface area contributed by atoms with Crippen molar-refractivity contribution < 1.29 is 14.3 Å². The Morgan fingerprint density at radius 2 is 1.81 bits per heavy atom. The average Bonchev–Trinajstić information content (AvgIpc) is 2.66. The van der Waals surface area contributed by atoms with Gasteiger partial charge in [-0.3, -0.25) is 9.69 Å². The molecule has 5 heteroatoms. The van der Waals surface area contributed by atoms with Crippen LogP contribution in [0.25, 0.3) is 0 Å². The first-order chi connectivity index (χ1) is 12.6. The van der Waals surface area contributed by atoms with Gasteiger partial charge < -0.3 is 14.8 Å². The molecule has 0 unspecified atom stereocenters. The van der Waals surface area contributed by atoms with E-state index in [1.54, 1.807) is 25.3 Å². The van der Waals surface area contributed by atoms with Crippen molar-refractivity contribution in [2.45, 2.75) is 27.3 Å². The fraction of sp³-hybridized carbons (Fsp3) is 0.381. The predicted octanol–water partition coefficient (Wildman–Crippen LogP) is 4.19. The maximum atomic E-state index is 12.6. The van der Waals surface area contributed by atoms with E-state index in [-0.39, 0.29) is 5.91 Å². The van der Waals surface area contributed by atoms with E-state index in [9.17, 15) is 4.79 Å². The standard InChI is InChI=1S/C21H28N2O3/c1-5-23(6-2)15-16-9-8-10-18(13-16)22-21(24)17-11-12-19(26-7-3)20(14-17)25-4/h8-14H,5-7,15H2,1-4H3,(H,22,24). The van der Waals surface area contributed by atoms with Crippen LogP contribution in [0.3, 0.4) is 0 Å². The Labute approximate surface area is 155 Å². The third-order valence-electron chi connectivity index (χ3n) is 4.21. The zero-order chi connectivity index (χ0) is 18.9. The highest BCUT2D eigenvalue weighted by atomic mass is 16.5. The average molecular weight is 356 g/mol. The summed E-state index contributed by atoms with van der Waals surface area (Å²) in [4.78, 5) is 14.9. The molecule has 2 aromatic carbocycles. The molecule has 0 radical (unpaired) electrons. The van der Waals surface area contributed by atoms with Gasteiger partial charge in [-0.25, -0.2) is 0 Å². The molecule has 2 aromatic rings. The number of rotatable bonds is 9. The van der Waals surface area contributed by atoms with Gasteiger partial charge in [-0.1, -0.05) is 26.0 Å². The molecule has 5 nitrogen and oxygen atoms in total.